The number of ketones is 2. The number of alkyl halides is 1. The van der Waals surface area contributed by atoms with Crippen LogP contribution in [0.5, 0.6) is 0 Å². The lowest BCUT2D eigenvalue weighted by molar-refractivity contribution is -0.219. The zero-order valence-corrected chi connectivity index (χ0v) is 31.1. The van der Waals surface area contributed by atoms with Crippen LogP contribution in [0.3, 0.4) is 0 Å². The minimum absolute atomic E-state index is 0.0234. The number of Topliss-reactive ketones (excluding diaryl/α,β-unsaturated/α-hetero) is 1. The summed E-state index contributed by atoms with van der Waals surface area (Å²) in [6.45, 7) is 7.20. The number of phosphoric acid groups is 2. The van der Waals surface area contributed by atoms with Gasteiger partial charge in [-0.2, -0.15) is 4.31 Å². The Hall–Kier alpha value is -2.01. The number of aliphatic hydroxyl groups excluding tert-OH is 1. The number of ether oxygens (including phenoxy) is 1. The maximum atomic E-state index is 17.4. The first-order chi connectivity index (χ1) is 23.8. The number of aliphatic hydroxyl groups is 2. The van der Waals surface area contributed by atoms with Crippen molar-refractivity contribution in [2.24, 2.45) is 28.6 Å². The Balaban J connectivity index is 1.15. The molecule has 0 aromatic heterocycles. The lowest BCUT2D eigenvalue weighted by atomic mass is 9.44. The maximum Gasteiger partial charge on any atom is 0.481 e. The zero-order valence-electron chi connectivity index (χ0n) is 29.3. The largest absolute Gasteiger partial charge is 0.481 e. The average Bonchev–Trinajstić information content (AvgIpc) is 3.23. The third-order valence-electron chi connectivity index (χ3n) is 11.9. The highest BCUT2D eigenvalue weighted by molar-refractivity contribution is 7.61. The van der Waals surface area contributed by atoms with Crippen LogP contribution in [0.15, 0.2) is 36.1 Å². The van der Waals surface area contributed by atoms with Crippen molar-refractivity contribution in [1.82, 2.24) is 5.32 Å². The summed E-state index contributed by atoms with van der Waals surface area (Å²) >= 11 is 0. The Morgan fingerprint density at radius 2 is 1.84 bits per heavy atom. The Morgan fingerprint density at radius 3 is 2.59 bits per heavy atom. The van der Waals surface area contributed by atoms with Crippen LogP contribution in [0.2, 0.25) is 0 Å². The number of fused-ring (bicyclic) bond motifs is 5. The topological polar surface area (TPSA) is 198 Å². The molecule has 0 aromatic carbocycles. The normalized spacial score (nSPS) is 39.7. The Labute approximate surface area is 298 Å². The average molecular weight is 758 g/mol. The van der Waals surface area contributed by atoms with E-state index in [0.717, 1.165) is 32.1 Å². The van der Waals surface area contributed by atoms with Gasteiger partial charge in [-0.3, -0.25) is 18.6 Å². The van der Waals surface area contributed by atoms with Crippen molar-refractivity contribution in [2.45, 2.75) is 102 Å². The van der Waals surface area contributed by atoms with Crippen LogP contribution in [0.4, 0.5) is 4.39 Å². The molecular weight excluding hydrogens is 707 g/mol. The number of phosphoric ester groups is 2. The fraction of sp³-hybridized carbons (Fsp3) is 0.714. The van der Waals surface area contributed by atoms with E-state index >= 15 is 4.39 Å². The van der Waals surface area contributed by atoms with Gasteiger partial charge in [0.05, 0.1) is 19.3 Å². The van der Waals surface area contributed by atoms with Crippen molar-refractivity contribution in [3.63, 3.8) is 0 Å². The molecule has 0 heterocycles. The Bertz CT molecular complexity index is 1620. The molecule has 3 saturated carbocycles. The standard InChI is InChI=1S/C35H50FNO12P2/c1-23-18-29-28-13-12-25-19-26(38)14-15-32(25,3)34(28,36)30(39)20-33(29,4)35(23,41)31(40)22-48-51(44,45)49-50(42,43)47-17-16-37-24(2)21-46-27-10-8-6-5-7-9-11-27/h14-15,19,23,27-30,37,39,41H,2,5-8,10,12-13,16-18,20-22H2,1,3-4H3,(H,42,43)(H,44,45)/t23-,27?,28+,29+,30+,32+,33+,34+,35+/m1/s1. The molecule has 0 aliphatic heterocycles. The highest BCUT2D eigenvalue weighted by Gasteiger charge is 2.75. The summed E-state index contributed by atoms with van der Waals surface area (Å²) < 4.78 is 62.2. The molecule has 5 rings (SSSR count). The monoisotopic (exact) mass is 757 g/mol. The smallest absolute Gasteiger partial charge is 0.390 e. The van der Waals surface area contributed by atoms with Gasteiger partial charge in [0.1, 0.15) is 18.3 Å². The Morgan fingerprint density at radius 1 is 1.12 bits per heavy atom. The molecule has 0 radical (unpaired) electrons. The lowest BCUT2D eigenvalue weighted by Gasteiger charge is -2.62. The Kier molecular flexibility index (Phi) is 11.8. The molecule has 0 bridgehead atoms. The van der Waals surface area contributed by atoms with Crippen molar-refractivity contribution in [1.29, 1.82) is 0 Å². The van der Waals surface area contributed by atoms with Gasteiger partial charge in [0, 0.05) is 35.4 Å². The molecule has 5 aliphatic rings. The molecule has 5 N–H and O–H groups in total. The molecule has 11 atom stereocenters. The van der Waals surface area contributed by atoms with Crippen LogP contribution in [0.1, 0.15) is 78.6 Å². The van der Waals surface area contributed by atoms with Crippen molar-refractivity contribution in [3.8, 4) is 11.8 Å². The zero-order chi connectivity index (χ0) is 37.5. The van der Waals surface area contributed by atoms with E-state index in [1.54, 1.807) is 20.8 Å². The summed E-state index contributed by atoms with van der Waals surface area (Å²) in [5.41, 5.74) is -5.96. The number of carbonyl (C=O) groups is 2. The second-order valence-electron chi connectivity index (χ2n) is 15.0. The lowest BCUT2D eigenvalue weighted by Crippen LogP contribution is -2.69. The van der Waals surface area contributed by atoms with Crippen molar-refractivity contribution >= 4 is 27.2 Å². The fourth-order valence-corrected chi connectivity index (χ4v) is 11.3. The molecule has 0 aromatic rings. The van der Waals surface area contributed by atoms with Gasteiger partial charge in [-0.25, -0.2) is 13.5 Å². The molecule has 3 unspecified atom stereocenters. The number of nitrogens with one attached hydrogen (secondary N) is 1. The van der Waals surface area contributed by atoms with Gasteiger partial charge in [-0.15, -0.1) is 5.92 Å². The minimum atomic E-state index is -5.39. The quantitative estimate of drug-likeness (QED) is 0.0937. The number of hydrogen-bond donors (Lipinski definition) is 5. The van der Waals surface area contributed by atoms with Crippen LogP contribution in [-0.2, 0) is 36.8 Å². The molecule has 0 amide bonds. The second-order valence-corrected chi connectivity index (χ2v) is 18.0. The van der Waals surface area contributed by atoms with Crippen LogP contribution >= 0.6 is 15.6 Å². The summed E-state index contributed by atoms with van der Waals surface area (Å²) in [6, 6.07) is 0. The second kappa shape index (κ2) is 15.0. The van der Waals surface area contributed by atoms with E-state index in [9.17, 15) is 38.7 Å². The summed E-state index contributed by atoms with van der Waals surface area (Å²) in [4.78, 5) is 46.1. The molecular formula is C35H50FNO12P2. The maximum absolute atomic E-state index is 17.4. The van der Waals surface area contributed by atoms with Crippen molar-refractivity contribution < 1.29 is 61.2 Å². The summed E-state index contributed by atoms with van der Waals surface area (Å²) in [7, 11) is -10.5. The van der Waals surface area contributed by atoms with Crippen LogP contribution in [0.25, 0.3) is 0 Å². The van der Waals surface area contributed by atoms with Crippen LogP contribution < -0.4 is 5.32 Å². The van der Waals surface area contributed by atoms with Gasteiger partial charge in [0.2, 0.25) is 0 Å². The van der Waals surface area contributed by atoms with Crippen molar-refractivity contribution in [2.75, 3.05) is 26.4 Å². The van der Waals surface area contributed by atoms with E-state index < -0.39 is 80.6 Å². The minimum Gasteiger partial charge on any atom is -0.390 e. The number of halogens is 1. The van der Waals surface area contributed by atoms with E-state index in [4.69, 9.17) is 13.8 Å². The summed E-state index contributed by atoms with van der Waals surface area (Å²) in [5.74, 6) is 2.76. The van der Waals surface area contributed by atoms with Gasteiger partial charge in [0.25, 0.3) is 0 Å². The van der Waals surface area contributed by atoms with Crippen molar-refractivity contribution in [3.05, 3.63) is 36.1 Å². The van der Waals surface area contributed by atoms with E-state index in [2.05, 4.69) is 28.0 Å². The molecule has 3 fully saturated rings. The summed E-state index contributed by atoms with van der Waals surface area (Å²) in [5, 5.41) is 26.4. The first kappa shape index (κ1) is 40.2. The van der Waals surface area contributed by atoms with E-state index in [-0.39, 0.29) is 44.3 Å². The highest BCUT2D eigenvalue weighted by Crippen LogP contribution is 2.71. The number of carbonyl (C=O) groups excluding carboxylic acids is 2. The predicted octanol–water partition coefficient (Wildman–Crippen LogP) is 4.61. The number of hydrogen-bond acceptors (Lipinski definition) is 11. The first-order valence-corrected chi connectivity index (χ1v) is 20.5. The van der Waals surface area contributed by atoms with Gasteiger partial charge >= 0.3 is 15.6 Å². The first-order valence-electron chi connectivity index (χ1n) is 17.5. The summed E-state index contributed by atoms with van der Waals surface area (Å²) in [6.07, 6.45) is 7.80. The molecule has 51 heavy (non-hydrogen) atoms. The van der Waals surface area contributed by atoms with E-state index in [1.165, 1.54) is 18.2 Å². The molecule has 5 aliphatic carbocycles. The van der Waals surface area contributed by atoms with Gasteiger partial charge < -0.3 is 30.1 Å². The van der Waals surface area contributed by atoms with E-state index in [1.807, 2.05) is 0 Å². The van der Waals surface area contributed by atoms with Gasteiger partial charge in [-0.05, 0) is 75.9 Å². The molecule has 0 saturated heterocycles. The van der Waals surface area contributed by atoms with E-state index in [0.29, 0.717) is 17.7 Å². The number of rotatable bonds is 14. The van der Waals surface area contributed by atoms with Crippen LogP contribution in [0, 0.1) is 40.4 Å². The third-order valence-corrected chi connectivity index (χ3v) is 14.5. The molecule has 0 spiro atoms. The predicted molar refractivity (Wildman–Crippen MR) is 183 cm³/mol. The third kappa shape index (κ3) is 7.68. The van der Waals surface area contributed by atoms with Gasteiger partial charge in [-0.1, -0.05) is 44.4 Å². The highest BCUT2D eigenvalue weighted by atomic mass is 31.3. The number of allylic oxidation sites excluding steroid dienone is 4. The fourth-order valence-electron chi connectivity index (χ4n) is 9.31. The van der Waals surface area contributed by atoms with Gasteiger partial charge in [0.15, 0.2) is 17.2 Å². The molecule has 16 heteroatoms. The SMILES string of the molecule is C=C(COC1C#CCCCCC1)NCCOP(=O)(O)OP(=O)(O)OCC(=O)[C@@]1(O)[C@H](C)C[C@H]2[C@@H]3CCC4=CC(=O)C=C[C@]4(C)[C@@]3(F)[C@@H](O)C[C@@]21C. The molecule has 13 nitrogen and oxygen atoms in total. The molecule has 284 valence electrons. The van der Waals surface area contributed by atoms with Crippen LogP contribution in [-0.4, -0.2) is 81.4 Å².